The standard InChI is InChI=1S/C21H17N2.HI/c1-23-14-12-16(13-15-23)10-11-21-19-7-3-2-6-17(19)18-8-4-5-9-20(18)22-21;/h2-15H,1H3;1H/q+1;/p-1/b11-10-;. The van der Waals surface area contributed by atoms with Gasteiger partial charge in [-0.1, -0.05) is 48.5 Å². The quantitative estimate of drug-likeness (QED) is 0.270. The van der Waals surface area contributed by atoms with Gasteiger partial charge in [0.25, 0.3) is 0 Å². The van der Waals surface area contributed by atoms with Crippen molar-refractivity contribution in [3.63, 3.8) is 0 Å². The third-order valence-corrected chi connectivity index (χ3v) is 4.08. The molecular formula is C21H17IN2. The second-order valence-corrected chi connectivity index (χ2v) is 5.69. The van der Waals surface area contributed by atoms with Crippen LogP contribution in [-0.2, 0) is 7.05 Å². The third kappa shape index (κ3) is 3.17. The predicted octanol–water partition coefficient (Wildman–Crippen LogP) is 1.39. The maximum atomic E-state index is 4.84. The van der Waals surface area contributed by atoms with Crippen LogP contribution in [0.3, 0.4) is 0 Å². The summed E-state index contributed by atoms with van der Waals surface area (Å²) >= 11 is 0. The summed E-state index contributed by atoms with van der Waals surface area (Å²) < 4.78 is 2.03. The average Bonchev–Trinajstić information content (AvgIpc) is 2.61. The van der Waals surface area contributed by atoms with Crippen molar-refractivity contribution in [2.45, 2.75) is 0 Å². The molecule has 0 radical (unpaired) electrons. The minimum Gasteiger partial charge on any atom is -1.00 e. The fourth-order valence-electron chi connectivity index (χ4n) is 2.86. The summed E-state index contributed by atoms with van der Waals surface area (Å²) in [6.45, 7) is 0. The van der Waals surface area contributed by atoms with Crippen LogP contribution in [0, 0.1) is 0 Å². The highest BCUT2D eigenvalue weighted by atomic mass is 127. The van der Waals surface area contributed by atoms with E-state index in [1.807, 2.05) is 30.1 Å². The molecule has 0 bridgehead atoms. The Balaban J connectivity index is 0.00000169. The molecule has 0 atom stereocenters. The van der Waals surface area contributed by atoms with Gasteiger partial charge in [-0.25, -0.2) is 9.55 Å². The average molecular weight is 424 g/mol. The number of rotatable bonds is 2. The molecule has 0 aliphatic heterocycles. The maximum Gasteiger partial charge on any atom is 0.169 e. The van der Waals surface area contributed by atoms with Crippen LogP contribution in [0.1, 0.15) is 11.3 Å². The summed E-state index contributed by atoms with van der Waals surface area (Å²) in [5.41, 5.74) is 3.21. The van der Waals surface area contributed by atoms with E-state index in [4.69, 9.17) is 4.98 Å². The molecule has 4 aromatic rings. The first kappa shape index (κ1) is 16.6. The number of aryl methyl sites for hydroxylation is 1. The van der Waals surface area contributed by atoms with Gasteiger partial charge >= 0.3 is 0 Å². The summed E-state index contributed by atoms with van der Waals surface area (Å²) in [5.74, 6) is 0. The molecule has 2 aromatic carbocycles. The molecule has 0 saturated heterocycles. The van der Waals surface area contributed by atoms with Crippen LogP contribution in [-0.4, -0.2) is 4.98 Å². The monoisotopic (exact) mass is 424 g/mol. The van der Waals surface area contributed by atoms with Crippen molar-refractivity contribution in [2.24, 2.45) is 7.05 Å². The van der Waals surface area contributed by atoms with Gasteiger partial charge in [0.2, 0.25) is 0 Å². The molecule has 4 rings (SSSR count). The SMILES string of the molecule is C[n+]1ccc(/C=C\c2nc3ccccc3c3ccccc23)cc1.[I-]. The number of aromatic nitrogens is 2. The molecule has 118 valence electrons. The second kappa shape index (κ2) is 7.09. The Hall–Kier alpha value is -2.27. The minimum atomic E-state index is 0. The van der Waals surface area contributed by atoms with Crippen LogP contribution in [0.4, 0.5) is 0 Å². The van der Waals surface area contributed by atoms with Crippen molar-refractivity contribution in [3.8, 4) is 0 Å². The van der Waals surface area contributed by atoms with Crippen LogP contribution >= 0.6 is 0 Å². The molecule has 0 spiro atoms. The molecule has 2 nitrogen and oxygen atoms in total. The van der Waals surface area contributed by atoms with Crippen molar-refractivity contribution in [3.05, 3.63) is 84.3 Å². The Kier molecular flexibility index (Phi) is 4.90. The number of hydrogen-bond acceptors (Lipinski definition) is 1. The van der Waals surface area contributed by atoms with Gasteiger partial charge in [0.1, 0.15) is 7.05 Å². The highest BCUT2D eigenvalue weighted by Gasteiger charge is 2.05. The van der Waals surface area contributed by atoms with Crippen molar-refractivity contribution in [1.29, 1.82) is 0 Å². The fraction of sp³-hybridized carbons (Fsp3) is 0.0476. The first-order valence-electron chi connectivity index (χ1n) is 7.72. The highest BCUT2D eigenvalue weighted by Crippen LogP contribution is 2.27. The number of nitrogens with zero attached hydrogens (tertiary/aromatic N) is 2. The topological polar surface area (TPSA) is 16.8 Å². The zero-order chi connectivity index (χ0) is 15.6. The molecule has 2 aromatic heterocycles. The second-order valence-electron chi connectivity index (χ2n) is 5.69. The van der Waals surface area contributed by atoms with Crippen molar-refractivity contribution < 1.29 is 28.5 Å². The van der Waals surface area contributed by atoms with Gasteiger partial charge in [0.15, 0.2) is 12.4 Å². The normalized spacial score (nSPS) is 11.0. The first-order valence-corrected chi connectivity index (χ1v) is 7.72. The smallest absolute Gasteiger partial charge is 0.169 e. The summed E-state index contributed by atoms with van der Waals surface area (Å²) in [4.78, 5) is 4.84. The Bertz CT molecular complexity index is 1020. The van der Waals surface area contributed by atoms with E-state index in [2.05, 4.69) is 66.7 Å². The summed E-state index contributed by atoms with van der Waals surface area (Å²) in [6, 6.07) is 21.0. The van der Waals surface area contributed by atoms with E-state index >= 15 is 0 Å². The molecule has 0 aliphatic rings. The van der Waals surface area contributed by atoms with E-state index in [0.717, 1.165) is 11.2 Å². The zero-order valence-electron chi connectivity index (χ0n) is 13.4. The highest BCUT2D eigenvalue weighted by molar-refractivity contribution is 6.08. The van der Waals surface area contributed by atoms with Crippen LogP contribution in [0.15, 0.2) is 73.1 Å². The molecule has 0 unspecified atom stereocenters. The third-order valence-electron chi connectivity index (χ3n) is 4.08. The summed E-state index contributed by atoms with van der Waals surface area (Å²) in [5, 5.41) is 3.63. The Morgan fingerprint density at radius 3 is 2.12 bits per heavy atom. The van der Waals surface area contributed by atoms with Crippen LogP contribution in [0.25, 0.3) is 33.8 Å². The Morgan fingerprint density at radius 1 is 0.750 bits per heavy atom. The van der Waals surface area contributed by atoms with E-state index in [1.165, 1.54) is 21.7 Å². The lowest BCUT2D eigenvalue weighted by atomic mass is 10.0. The van der Waals surface area contributed by atoms with Gasteiger partial charge < -0.3 is 24.0 Å². The Morgan fingerprint density at radius 2 is 1.38 bits per heavy atom. The molecule has 0 saturated carbocycles. The van der Waals surface area contributed by atoms with E-state index in [-0.39, 0.29) is 24.0 Å². The number of fused-ring (bicyclic) bond motifs is 3. The minimum absolute atomic E-state index is 0. The molecule has 2 heterocycles. The molecule has 3 heteroatoms. The summed E-state index contributed by atoms with van der Waals surface area (Å²) in [7, 11) is 2.02. The molecular weight excluding hydrogens is 407 g/mol. The number of para-hydroxylation sites is 1. The predicted molar refractivity (Wildman–Crippen MR) is 95.8 cm³/mol. The lowest BCUT2D eigenvalue weighted by Crippen LogP contribution is -3.00. The van der Waals surface area contributed by atoms with Gasteiger partial charge in [-0.15, -0.1) is 0 Å². The maximum absolute atomic E-state index is 4.84. The number of hydrogen-bond donors (Lipinski definition) is 0. The molecule has 0 N–H and O–H groups in total. The van der Waals surface area contributed by atoms with Crippen LogP contribution < -0.4 is 28.5 Å². The molecule has 0 aliphatic carbocycles. The molecule has 0 fully saturated rings. The van der Waals surface area contributed by atoms with Gasteiger partial charge in [-0.05, 0) is 23.1 Å². The van der Waals surface area contributed by atoms with Crippen LogP contribution in [0.5, 0.6) is 0 Å². The van der Waals surface area contributed by atoms with Crippen LogP contribution in [0.2, 0.25) is 0 Å². The fourth-order valence-corrected chi connectivity index (χ4v) is 2.86. The van der Waals surface area contributed by atoms with Gasteiger partial charge in [-0.2, -0.15) is 0 Å². The lowest BCUT2D eigenvalue weighted by molar-refractivity contribution is -0.671. The zero-order valence-corrected chi connectivity index (χ0v) is 15.5. The molecule has 24 heavy (non-hydrogen) atoms. The van der Waals surface area contributed by atoms with Crippen molar-refractivity contribution in [1.82, 2.24) is 4.98 Å². The number of pyridine rings is 2. The number of benzene rings is 2. The van der Waals surface area contributed by atoms with Crippen molar-refractivity contribution in [2.75, 3.05) is 0 Å². The van der Waals surface area contributed by atoms with E-state index < -0.39 is 0 Å². The van der Waals surface area contributed by atoms with E-state index in [1.54, 1.807) is 0 Å². The van der Waals surface area contributed by atoms with Gasteiger partial charge in [0, 0.05) is 22.9 Å². The van der Waals surface area contributed by atoms with E-state index in [0.29, 0.717) is 0 Å². The van der Waals surface area contributed by atoms with Gasteiger partial charge in [-0.3, -0.25) is 0 Å². The van der Waals surface area contributed by atoms with Gasteiger partial charge in [0.05, 0.1) is 11.2 Å². The van der Waals surface area contributed by atoms with Crippen molar-refractivity contribution >= 4 is 33.8 Å². The first-order chi connectivity index (χ1) is 11.3. The summed E-state index contributed by atoms with van der Waals surface area (Å²) in [6.07, 6.45) is 8.31. The number of halogens is 1. The Labute approximate surface area is 158 Å². The molecule has 0 amide bonds. The lowest BCUT2D eigenvalue weighted by Gasteiger charge is -2.06. The van der Waals surface area contributed by atoms with E-state index in [9.17, 15) is 0 Å². The largest absolute Gasteiger partial charge is 1.00 e.